The highest BCUT2D eigenvalue weighted by Gasteiger charge is 1.96. The van der Waals surface area contributed by atoms with Gasteiger partial charge in [-0.1, -0.05) is 17.7 Å². The van der Waals surface area contributed by atoms with Crippen molar-refractivity contribution in [2.75, 3.05) is 11.9 Å². The van der Waals surface area contributed by atoms with Crippen LogP contribution in [0, 0.1) is 3.57 Å². The third-order valence-corrected chi connectivity index (χ3v) is 2.00. The van der Waals surface area contributed by atoms with Gasteiger partial charge in [0.25, 0.3) is 0 Å². The van der Waals surface area contributed by atoms with Crippen molar-refractivity contribution in [2.45, 2.75) is 0 Å². The highest BCUT2D eigenvalue weighted by molar-refractivity contribution is 14.1. The lowest BCUT2D eigenvalue weighted by Crippen LogP contribution is -2.00. The van der Waals surface area contributed by atoms with Gasteiger partial charge in [-0.2, -0.15) is 0 Å². The van der Waals surface area contributed by atoms with Crippen LogP contribution in [0.1, 0.15) is 0 Å². The predicted octanol–water partition coefficient (Wildman–Crippen LogP) is 2.94. The van der Waals surface area contributed by atoms with Gasteiger partial charge in [-0.05, 0) is 34.7 Å². The third kappa shape index (κ3) is 2.98. The molecule has 0 bridgehead atoms. The Labute approximate surface area is 90.2 Å². The maximum Gasteiger partial charge on any atom is 0.132 e. The first-order chi connectivity index (χ1) is 5.72. The molecular formula is C8H8ClIN2. The van der Waals surface area contributed by atoms with Crippen molar-refractivity contribution in [1.29, 1.82) is 0 Å². The molecule has 0 saturated heterocycles. The number of pyridine rings is 1. The van der Waals surface area contributed by atoms with E-state index in [-0.39, 0.29) is 0 Å². The molecule has 1 aromatic rings. The van der Waals surface area contributed by atoms with Gasteiger partial charge in [0.15, 0.2) is 0 Å². The fourth-order valence-corrected chi connectivity index (χ4v) is 1.72. The first-order valence-electron chi connectivity index (χ1n) is 3.40. The lowest BCUT2D eigenvalue weighted by atomic mass is 10.4. The molecule has 2 nitrogen and oxygen atoms in total. The van der Waals surface area contributed by atoms with Gasteiger partial charge in [-0.25, -0.2) is 4.98 Å². The Balaban J connectivity index is 2.78. The minimum absolute atomic E-state index is 0.508. The normalized spacial score (nSPS) is 9.50. The second-order valence-electron chi connectivity index (χ2n) is 2.16. The van der Waals surface area contributed by atoms with Crippen molar-refractivity contribution >= 4 is 40.0 Å². The van der Waals surface area contributed by atoms with Gasteiger partial charge in [-0.15, -0.1) is 6.58 Å². The van der Waals surface area contributed by atoms with Gasteiger partial charge in [0.1, 0.15) is 11.0 Å². The van der Waals surface area contributed by atoms with Crippen LogP contribution in [0.3, 0.4) is 0 Å². The van der Waals surface area contributed by atoms with Gasteiger partial charge in [0.2, 0.25) is 0 Å². The van der Waals surface area contributed by atoms with Crippen molar-refractivity contribution in [3.63, 3.8) is 0 Å². The van der Waals surface area contributed by atoms with E-state index in [2.05, 4.69) is 39.5 Å². The molecule has 0 aliphatic rings. The molecule has 64 valence electrons. The average molecular weight is 295 g/mol. The van der Waals surface area contributed by atoms with Crippen LogP contribution < -0.4 is 5.32 Å². The number of hydrogen-bond donors (Lipinski definition) is 1. The third-order valence-electron chi connectivity index (χ3n) is 1.19. The predicted molar refractivity (Wildman–Crippen MR) is 60.7 cm³/mol. The molecule has 0 spiro atoms. The van der Waals surface area contributed by atoms with Crippen molar-refractivity contribution in [3.8, 4) is 0 Å². The van der Waals surface area contributed by atoms with E-state index in [4.69, 9.17) is 11.6 Å². The molecule has 0 fully saturated rings. The zero-order valence-corrected chi connectivity index (χ0v) is 9.26. The van der Waals surface area contributed by atoms with E-state index >= 15 is 0 Å². The molecule has 0 radical (unpaired) electrons. The fraction of sp³-hybridized carbons (Fsp3) is 0.125. The summed E-state index contributed by atoms with van der Waals surface area (Å²) in [5.74, 6) is 0.784. The summed E-state index contributed by atoms with van der Waals surface area (Å²) in [7, 11) is 0. The molecule has 0 saturated carbocycles. The van der Waals surface area contributed by atoms with Crippen molar-refractivity contribution in [1.82, 2.24) is 4.98 Å². The second-order valence-corrected chi connectivity index (χ2v) is 3.80. The lowest BCUT2D eigenvalue weighted by molar-refractivity contribution is 1.22. The van der Waals surface area contributed by atoms with Crippen LogP contribution in [0.25, 0.3) is 0 Å². The molecule has 0 unspecified atom stereocenters. The van der Waals surface area contributed by atoms with E-state index in [1.165, 1.54) is 0 Å². The summed E-state index contributed by atoms with van der Waals surface area (Å²) >= 11 is 7.94. The smallest absolute Gasteiger partial charge is 0.132 e. The Morgan fingerprint density at radius 3 is 3.00 bits per heavy atom. The minimum Gasteiger partial charge on any atom is -0.367 e. The van der Waals surface area contributed by atoms with Crippen molar-refractivity contribution in [3.05, 3.63) is 33.5 Å². The van der Waals surface area contributed by atoms with Crippen LogP contribution in [0.2, 0.25) is 5.15 Å². The molecule has 0 aliphatic carbocycles. The van der Waals surface area contributed by atoms with E-state index in [1.807, 2.05) is 6.07 Å². The summed E-state index contributed by atoms with van der Waals surface area (Å²) in [5.41, 5.74) is 0. The van der Waals surface area contributed by atoms with E-state index in [0.29, 0.717) is 11.7 Å². The van der Waals surface area contributed by atoms with Crippen molar-refractivity contribution < 1.29 is 0 Å². The molecule has 1 rings (SSSR count). The fourth-order valence-electron chi connectivity index (χ4n) is 0.733. The number of halogens is 2. The monoisotopic (exact) mass is 294 g/mol. The highest BCUT2D eigenvalue weighted by atomic mass is 127. The molecule has 1 N–H and O–H groups in total. The summed E-state index contributed by atoms with van der Waals surface area (Å²) in [6.45, 7) is 4.29. The molecular weight excluding hydrogens is 286 g/mol. The first kappa shape index (κ1) is 9.80. The Bertz CT molecular complexity index is 268. The molecule has 12 heavy (non-hydrogen) atoms. The van der Waals surface area contributed by atoms with Crippen LogP contribution in [-0.2, 0) is 0 Å². The number of nitrogens with one attached hydrogen (secondary N) is 1. The van der Waals surface area contributed by atoms with E-state index in [9.17, 15) is 0 Å². The average Bonchev–Trinajstić information content (AvgIpc) is 1.99. The van der Waals surface area contributed by atoms with Gasteiger partial charge < -0.3 is 5.32 Å². The van der Waals surface area contributed by atoms with Crippen molar-refractivity contribution in [2.24, 2.45) is 0 Å². The van der Waals surface area contributed by atoms with Crippen LogP contribution >= 0.6 is 34.2 Å². The molecule has 0 aliphatic heterocycles. The standard InChI is InChI=1S/C8H8ClIN2/c1-2-3-11-8-5-6(10)4-7(9)12-8/h2,4-5H,1,3H2,(H,11,12). The number of nitrogens with zero attached hydrogens (tertiary/aromatic N) is 1. The van der Waals surface area contributed by atoms with Gasteiger partial charge in [-0.3, -0.25) is 0 Å². The molecule has 1 aromatic heterocycles. The minimum atomic E-state index is 0.508. The number of aromatic nitrogens is 1. The lowest BCUT2D eigenvalue weighted by Gasteiger charge is -2.02. The molecule has 4 heteroatoms. The SMILES string of the molecule is C=CCNc1cc(I)cc(Cl)n1. The summed E-state index contributed by atoms with van der Waals surface area (Å²) in [5, 5.41) is 3.57. The maximum absolute atomic E-state index is 5.75. The molecule has 0 amide bonds. The van der Waals surface area contributed by atoms with Crippen LogP contribution in [-0.4, -0.2) is 11.5 Å². The summed E-state index contributed by atoms with van der Waals surface area (Å²) in [6, 6.07) is 3.73. The second kappa shape index (κ2) is 4.67. The topological polar surface area (TPSA) is 24.9 Å². The Kier molecular flexibility index (Phi) is 3.81. The number of rotatable bonds is 3. The Morgan fingerprint density at radius 2 is 2.42 bits per heavy atom. The van der Waals surface area contributed by atoms with E-state index in [1.54, 1.807) is 12.1 Å². The van der Waals surface area contributed by atoms with Gasteiger partial charge in [0, 0.05) is 10.1 Å². The zero-order valence-electron chi connectivity index (χ0n) is 6.35. The molecule has 1 heterocycles. The number of anilines is 1. The largest absolute Gasteiger partial charge is 0.367 e. The molecule has 0 aromatic carbocycles. The quantitative estimate of drug-likeness (QED) is 0.527. The summed E-state index contributed by atoms with van der Waals surface area (Å²) in [4.78, 5) is 4.07. The highest BCUT2D eigenvalue weighted by Crippen LogP contribution is 2.15. The van der Waals surface area contributed by atoms with Crippen LogP contribution in [0.5, 0.6) is 0 Å². The summed E-state index contributed by atoms with van der Waals surface area (Å²) in [6.07, 6.45) is 1.77. The Hall–Kier alpha value is -0.290. The molecule has 0 atom stereocenters. The summed E-state index contributed by atoms with van der Waals surface area (Å²) < 4.78 is 1.07. The van der Waals surface area contributed by atoms with Crippen LogP contribution in [0.4, 0.5) is 5.82 Å². The zero-order chi connectivity index (χ0) is 8.97. The Morgan fingerprint density at radius 1 is 1.67 bits per heavy atom. The van der Waals surface area contributed by atoms with E-state index in [0.717, 1.165) is 9.39 Å². The first-order valence-corrected chi connectivity index (χ1v) is 4.86. The van der Waals surface area contributed by atoms with Crippen LogP contribution in [0.15, 0.2) is 24.8 Å². The number of hydrogen-bond acceptors (Lipinski definition) is 2. The maximum atomic E-state index is 5.75. The van der Waals surface area contributed by atoms with Gasteiger partial charge in [0.05, 0.1) is 0 Å². The van der Waals surface area contributed by atoms with E-state index < -0.39 is 0 Å². The van der Waals surface area contributed by atoms with Gasteiger partial charge >= 0.3 is 0 Å².